The van der Waals surface area contributed by atoms with Crippen LogP contribution in [0.2, 0.25) is 5.02 Å². The molecule has 1 aromatic carbocycles. The van der Waals surface area contributed by atoms with Crippen molar-refractivity contribution in [2.75, 3.05) is 24.3 Å². The third-order valence-electron chi connectivity index (χ3n) is 6.29. The summed E-state index contributed by atoms with van der Waals surface area (Å²) >= 11 is 6.22. The molecule has 2 aliphatic heterocycles. The molecule has 2 N–H and O–H groups in total. The first kappa shape index (κ1) is 21.9. The average Bonchev–Trinajstić information content (AvgIpc) is 2.94. The number of nitrogens with zero attached hydrogens (tertiary/aromatic N) is 1. The number of unbranched alkanes of at least 4 members (excludes halogenated alkanes) is 3. The maximum absolute atomic E-state index is 13.0. The van der Waals surface area contributed by atoms with Crippen LogP contribution in [0.15, 0.2) is 12.1 Å². The summed E-state index contributed by atoms with van der Waals surface area (Å²) < 4.78 is 5.37. The number of carbonyl (C=O) groups is 2. The number of fused-ring (bicyclic) bond motifs is 2. The van der Waals surface area contributed by atoms with Crippen LogP contribution in [0.5, 0.6) is 5.75 Å². The lowest BCUT2D eigenvalue weighted by molar-refractivity contribution is -0.122. The van der Waals surface area contributed by atoms with Gasteiger partial charge in [0.05, 0.1) is 23.5 Å². The third-order valence-corrected chi connectivity index (χ3v) is 6.60. The van der Waals surface area contributed by atoms with Gasteiger partial charge in [-0.25, -0.2) is 0 Å². The Morgan fingerprint density at radius 1 is 1.21 bits per heavy atom. The highest BCUT2D eigenvalue weighted by atomic mass is 35.5. The molecule has 6 nitrogen and oxygen atoms in total. The quantitative estimate of drug-likeness (QED) is 0.425. The minimum absolute atomic E-state index is 0.00986. The molecule has 2 saturated heterocycles. The van der Waals surface area contributed by atoms with Crippen molar-refractivity contribution in [3.05, 3.63) is 17.2 Å². The molecule has 2 unspecified atom stereocenters. The second kappa shape index (κ2) is 10.3. The van der Waals surface area contributed by atoms with Crippen molar-refractivity contribution in [2.45, 2.75) is 70.4 Å². The molecule has 7 heteroatoms. The molecule has 0 radical (unpaired) electrons. The van der Waals surface area contributed by atoms with Gasteiger partial charge in [-0.15, -0.1) is 0 Å². The molecule has 1 aromatic rings. The number of methoxy groups -OCH3 is 1. The molecule has 3 rings (SSSR count). The molecular weight excluding hydrogens is 390 g/mol. The van der Waals surface area contributed by atoms with E-state index in [0.29, 0.717) is 40.6 Å². The molecule has 2 bridgehead atoms. The first-order valence-electron chi connectivity index (χ1n) is 10.7. The van der Waals surface area contributed by atoms with E-state index in [-0.39, 0.29) is 11.8 Å². The third kappa shape index (κ3) is 5.23. The normalized spacial score (nSPS) is 23.6. The van der Waals surface area contributed by atoms with Crippen LogP contribution in [0.4, 0.5) is 11.4 Å². The highest BCUT2D eigenvalue weighted by Crippen LogP contribution is 2.40. The van der Waals surface area contributed by atoms with Crippen LogP contribution in [0.3, 0.4) is 0 Å². The van der Waals surface area contributed by atoms with E-state index in [0.717, 1.165) is 19.4 Å². The summed E-state index contributed by atoms with van der Waals surface area (Å²) in [6, 6.07) is 4.29. The molecule has 2 aliphatic rings. The molecule has 0 aromatic heterocycles. The second-order valence-electron chi connectivity index (χ2n) is 8.14. The molecule has 0 aliphatic carbocycles. The molecule has 160 valence electrons. The Labute approximate surface area is 178 Å². The second-order valence-corrected chi connectivity index (χ2v) is 8.54. The largest absolute Gasteiger partial charge is 0.494 e. The zero-order valence-corrected chi connectivity index (χ0v) is 18.1. The van der Waals surface area contributed by atoms with Gasteiger partial charge in [-0.1, -0.05) is 37.8 Å². The summed E-state index contributed by atoms with van der Waals surface area (Å²) in [5.74, 6) is 0.511. The van der Waals surface area contributed by atoms with Crippen LogP contribution in [-0.2, 0) is 9.59 Å². The Balaban J connectivity index is 1.61. The fourth-order valence-electron chi connectivity index (χ4n) is 4.80. The van der Waals surface area contributed by atoms with Crippen molar-refractivity contribution in [3.8, 4) is 5.75 Å². The molecule has 0 spiro atoms. The van der Waals surface area contributed by atoms with Crippen molar-refractivity contribution in [3.63, 3.8) is 0 Å². The Kier molecular flexibility index (Phi) is 7.78. The number of carbonyl (C=O) groups excluding carboxylic acids is 2. The summed E-state index contributed by atoms with van der Waals surface area (Å²) in [6.07, 6.45) is 9.90. The number of piperidine rings is 1. The number of nitrogens with one attached hydrogen (secondary N) is 2. The Morgan fingerprint density at radius 2 is 1.93 bits per heavy atom. The SMILES string of the molecule is CCCCCCN1C2CCC1CC(C(=O)Nc1cc(Cl)c(NC=O)cc1OC)C2. The summed E-state index contributed by atoms with van der Waals surface area (Å²) in [7, 11) is 1.53. The first-order chi connectivity index (χ1) is 14.1. The summed E-state index contributed by atoms with van der Waals surface area (Å²) in [5.41, 5.74) is 0.985. The van der Waals surface area contributed by atoms with Crippen molar-refractivity contribution >= 4 is 35.3 Å². The minimum Gasteiger partial charge on any atom is -0.494 e. The van der Waals surface area contributed by atoms with E-state index < -0.39 is 0 Å². The lowest BCUT2D eigenvalue weighted by Crippen LogP contribution is -2.46. The van der Waals surface area contributed by atoms with Crippen LogP contribution in [0, 0.1) is 5.92 Å². The highest BCUT2D eigenvalue weighted by Gasteiger charge is 2.42. The van der Waals surface area contributed by atoms with Gasteiger partial charge in [0.15, 0.2) is 0 Å². The number of anilines is 2. The number of hydrogen-bond acceptors (Lipinski definition) is 4. The average molecular weight is 422 g/mol. The number of rotatable bonds is 10. The van der Waals surface area contributed by atoms with Crippen molar-refractivity contribution in [1.29, 1.82) is 0 Å². The van der Waals surface area contributed by atoms with Gasteiger partial charge >= 0.3 is 0 Å². The van der Waals surface area contributed by atoms with Gasteiger partial charge in [-0.3, -0.25) is 14.5 Å². The smallest absolute Gasteiger partial charge is 0.227 e. The Bertz CT molecular complexity index is 713. The van der Waals surface area contributed by atoms with Gasteiger partial charge in [0.25, 0.3) is 0 Å². The van der Waals surface area contributed by atoms with E-state index in [1.54, 1.807) is 12.1 Å². The zero-order valence-electron chi connectivity index (χ0n) is 17.4. The molecule has 29 heavy (non-hydrogen) atoms. The van der Waals surface area contributed by atoms with E-state index in [2.05, 4.69) is 22.5 Å². The van der Waals surface area contributed by atoms with Gasteiger partial charge in [0, 0.05) is 24.1 Å². The van der Waals surface area contributed by atoms with E-state index in [1.807, 2.05) is 0 Å². The van der Waals surface area contributed by atoms with Crippen LogP contribution in [-0.4, -0.2) is 43.0 Å². The molecule has 2 atom stereocenters. The molecule has 0 saturated carbocycles. The topological polar surface area (TPSA) is 70.7 Å². The van der Waals surface area contributed by atoms with Crippen molar-refractivity contribution in [2.24, 2.45) is 5.92 Å². The lowest BCUT2D eigenvalue weighted by Gasteiger charge is -2.38. The number of hydrogen-bond donors (Lipinski definition) is 2. The molecule has 2 fully saturated rings. The fourth-order valence-corrected chi connectivity index (χ4v) is 5.02. The maximum Gasteiger partial charge on any atom is 0.227 e. The van der Waals surface area contributed by atoms with E-state index in [9.17, 15) is 9.59 Å². The Hall–Kier alpha value is -1.79. The predicted octanol–water partition coefficient (Wildman–Crippen LogP) is 4.68. The van der Waals surface area contributed by atoms with Crippen LogP contribution < -0.4 is 15.4 Å². The van der Waals surface area contributed by atoms with Gasteiger partial charge in [0.1, 0.15) is 5.75 Å². The number of benzene rings is 1. The van der Waals surface area contributed by atoms with Crippen LogP contribution >= 0.6 is 11.6 Å². The standard InChI is InChI=1S/C22H32ClN3O3/c1-3-4-5-6-9-26-16-7-8-17(26)11-15(10-16)22(28)25-20-12-18(23)19(24-14-27)13-21(20)29-2/h12-17H,3-11H2,1-2H3,(H,24,27)(H,25,28). The van der Waals surface area contributed by atoms with Gasteiger partial charge in [-0.2, -0.15) is 0 Å². The van der Waals surface area contributed by atoms with Gasteiger partial charge in [0.2, 0.25) is 12.3 Å². The van der Waals surface area contributed by atoms with Crippen LogP contribution in [0.25, 0.3) is 0 Å². The number of halogens is 1. The maximum atomic E-state index is 13.0. The first-order valence-corrected chi connectivity index (χ1v) is 11.1. The number of amides is 2. The van der Waals surface area contributed by atoms with Crippen molar-refractivity contribution < 1.29 is 14.3 Å². The van der Waals surface area contributed by atoms with Crippen molar-refractivity contribution in [1.82, 2.24) is 4.90 Å². The molecular formula is C22H32ClN3O3. The predicted molar refractivity (Wildman–Crippen MR) is 117 cm³/mol. The molecule has 2 amide bonds. The minimum atomic E-state index is 0.00986. The van der Waals surface area contributed by atoms with E-state index in [4.69, 9.17) is 16.3 Å². The zero-order chi connectivity index (χ0) is 20.8. The van der Waals surface area contributed by atoms with E-state index >= 15 is 0 Å². The summed E-state index contributed by atoms with van der Waals surface area (Å²) in [5, 5.41) is 5.89. The number of ether oxygens (including phenoxy) is 1. The summed E-state index contributed by atoms with van der Waals surface area (Å²) in [4.78, 5) is 26.3. The van der Waals surface area contributed by atoms with Gasteiger partial charge in [-0.05, 0) is 44.7 Å². The van der Waals surface area contributed by atoms with Crippen LogP contribution in [0.1, 0.15) is 58.3 Å². The fraction of sp³-hybridized carbons (Fsp3) is 0.636. The summed E-state index contributed by atoms with van der Waals surface area (Å²) in [6.45, 7) is 3.40. The van der Waals surface area contributed by atoms with E-state index in [1.165, 1.54) is 45.6 Å². The Morgan fingerprint density at radius 3 is 2.55 bits per heavy atom. The lowest BCUT2D eigenvalue weighted by atomic mass is 9.89. The van der Waals surface area contributed by atoms with Gasteiger partial charge < -0.3 is 15.4 Å². The highest BCUT2D eigenvalue weighted by molar-refractivity contribution is 6.34. The monoisotopic (exact) mass is 421 g/mol. The molecule has 2 heterocycles.